The van der Waals surface area contributed by atoms with E-state index < -0.39 is 97.5 Å². The lowest BCUT2D eigenvalue weighted by atomic mass is 9.99. The third-order valence-corrected chi connectivity index (χ3v) is 18.6. The quantitative estimate of drug-likeness (QED) is 0.0222. The number of phosphoric acid groups is 2. The molecule has 0 saturated carbocycles. The summed E-state index contributed by atoms with van der Waals surface area (Å²) in [4.78, 5) is 72.6. The van der Waals surface area contributed by atoms with E-state index in [1.165, 1.54) is 148 Å². The highest BCUT2D eigenvalue weighted by Crippen LogP contribution is 2.45. The molecule has 19 heteroatoms. The van der Waals surface area contributed by atoms with Gasteiger partial charge in [-0.3, -0.25) is 37.3 Å². The Labute approximate surface area is 549 Å². The summed E-state index contributed by atoms with van der Waals surface area (Å²) in [7, 11) is -9.90. The molecule has 0 heterocycles. The average Bonchev–Trinajstić information content (AvgIpc) is 3.70. The van der Waals surface area contributed by atoms with E-state index in [2.05, 4.69) is 55.4 Å². The van der Waals surface area contributed by atoms with Crippen LogP contribution in [0.1, 0.15) is 351 Å². The Hall–Kier alpha value is -1.94. The van der Waals surface area contributed by atoms with Crippen molar-refractivity contribution in [2.24, 2.45) is 23.7 Å². The van der Waals surface area contributed by atoms with Crippen LogP contribution in [0.25, 0.3) is 0 Å². The van der Waals surface area contributed by atoms with Gasteiger partial charge >= 0.3 is 39.5 Å². The summed E-state index contributed by atoms with van der Waals surface area (Å²) in [5.41, 5.74) is 0. The number of aliphatic hydroxyl groups is 1. The lowest BCUT2D eigenvalue weighted by Crippen LogP contribution is -2.30. The highest BCUT2D eigenvalue weighted by atomic mass is 31.2. The third kappa shape index (κ3) is 63.5. The molecular formula is C71H138O17P2. The predicted octanol–water partition coefficient (Wildman–Crippen LogP) is 20.1. The van der Waals surface area contributed by atoms with Crippen LogP contribution in [0.5, 0.6) is 0 Å². The summed E-state index contributed by atoms with van der Waals surface area (Å²) in [5.74, 6) is 0.866. The van der Waals surface area contributed by atoms with Crippen LogP contribution in [0.3, 0.4) is 0 Å². The van der Waals surface area contributed by atoms with Crippen molar-refractivity contribution in [2.45, 2.75) is 369 Å². The first-order valence-electron chi connectivity index (χ1n) is 36.7. The second kappa shape index (κ2) is 60.7. The Kier molecular flexibility index (Phi) is 59.4. The van der Waals surface area contributed by atoms with Gasteiger partial charge in [-0.2, -0.15) is 0 Å². The zero-order valence-corrected chi connectivity index (χ0v) is 60.6. The number of hydrogen-bond acceptors (Lipinski definition) is 15. The molecule has 90 heavy (non-hydrogen) atoms. The summed E-state index contributed by atoms with van der Waals surface area (Å²) in [6, 6.07) is 0. The number of carbonyl (C=O) groups excluding carboxylic acids is 4. The molecule has 0 amide bonds. The summed E-state index contributed by atoms with van der Waals surface area (Å²) in [6.07, 6.45) is 43.1. The predicted molar refractivity (Wildman–Crippen MR) is 363 cm³/mol. The van der Waals surface area contributed by atoms with Crippen LogP contribution >= 0.6 is 15.6 Å². The van der Waals surface area contributed by atoms with Crippen LogP contribution in [0.4, 0.5) is 0 Å². The standard InChI is InChI=1S/C71H138O17P2/c1-9-64(8)50-42-34-25-21-22-28-38-46-54-71(76)88-66(57-81-68(73)51-43-35-26-19-15-11-10-13-17-23-31-39-47-61(2)3)59-85-89(77,78)83-55-65(72)56-84-90(79,80)86-60-67(58-82-69(74)52-44-36-30-29-33-41-49-63(6)7)87-70(75)53-45-37-27-20-16-12-14-18-24-32-40-48-62(4)5/h61-67,72H,9-60H2,1-8H3,(H,77,78)(H,79,80)/t64?,65-,66-,67-/m1/s1. The van der Waals surface area contributed by atoms with Crippen molar-refractivity contribution >= 4 is 39.5 Å². The Bertz CT molecular complexity index is 1780. The molecule has 0 aliphatic carbocycles. The van der Waals surface area contributed by atoms with Gasteiger partial charge in [-0.1, -0.05) is 299 Å². The maximum atomic E-state index is 13.0. The van der Waals surface area contributed by atoms with Gasteiger partial charge in [0.05, 0.1) is 26.4 Å². The largest absolute Gasteiger partial charge is 0.472 e. The molecular weight excluding hydrogens is 1190 g/mol. The smallest absolute Gasteiger partial charge is 0.462 e. The molecule has 0 aromatic carbocycles. The molecule has 0 radical (unpaired) electrons. The molecule has 0 aromatic heterocycles. The van der Waals surface area contributed by atoms with Crippen molar-refractivity contribution in [3.8, 4) is 0 Å². The van der Waals surface area contributed by atoms with Crippen LogP contribution in [-0.4, -0.2) is 96.7 Å². The molecule has 0 spiro atoms. The SMILES string of the molecule is CCC(C)CCCCCCCCCCC(=O)O[C@H](COC(=O)CCCCCCCCCCCCCCC(C)C)COP(=O)(O)OC[C@@H](O)COP(=O)(O)OC[C@@H](COC(=O)CCCCCCCCC(C)C)OC(=O)CCCCCCCCCCCCCC(C)C. The molecule has 6 atom stereocenters. The van der Waals surface area contributed by atoms with Crippen molar-refractivity contribution in [3.63, 3.8) is 0 Å². The summed E-state index contributed by atoms with van der Waals surface area (Å²) < 4.78 is 68.3. The lowest BCUT2D eigenvalue weighted by molar-refractivity contribution is -0.161. The van der Waals surface area contributed by atoms with Gasteiger partial charge < -0.3 is 33.8 Å². The second-order valence-corrected chi connectivity index (χ2v) is 30.2. The number of rotatable bonds is 68. The van der Waals surface area contributed by atoms with Gasteiger partial charge in [-0.25, -0.2) is 9.13 Å². The highest BCUT2D eigenvalue weighted by Gasteiger charge is 2.30. The van der Waals surface area contributed by atoms with Crippen LogP contribution in [-0.2, 0) is 65.4 Å². The Morgan fingerprint density at radius 2 is 0.533 bits per heavy atom. The fraction of sp³-hybridized carbons (Fsp3) is 0.944. The van der Waals surface area contributed by atoms with Gasteiger partial charge in [0.15, 0.2) is 12.2 Å². The van der Waals surface area contributed by atoms with Gasteiger partial charge in [0.25, 0.3) is 0 Å². The first-order valence-corrected chi connectivity index (χ1v) is 39.7. The molecule has 3 N–H and O–H groups in total. The fourth-order valence-corrected chi connectivity index (χ4v) is 12.2. The van der Waals surface area contributed by atoms with Gasteiger partial charge in [0, 0.05) is 25.7 Å². The molecule has 0 saturated heterocycles. The third-order valence-electron chi connectivity index (χ3n) is 16.7. The van der Waals surface area contributed by atoms with Gasteiger partial charge in [-0.05, 0) is 49.4 Å². The van der Waals surface area contributed by atoms with Crippen LogP contribution in [0.2, 0.25) is 0 Å². The van der Waals surface area contributed by atoms with Crippen LogP contribution in [0.15, 0.2) is 0 Å². The Morgan fingerprint density at radius 3 is 0.789 bits per heavy atom. The molecule has 0 aromatic rings. The molecule has 0 aliphatic rings. The number of ether oxygens (including phenoxy) is 4. The zero-order valence-electron chi connectivity index (χ0n) is 58.8. The van der Waals surface area contributed by atoms with Crippen molar-refractivity contribution < 1.29 is 80.2 Å². The molecule has 17 nitrogen and oxygen atoms in total. The van der Waals surface area contributed by atoms with Gasteiger partial charge in [-0.15, -0.1) is 0 Å². The monoisotopic (exact) mass is 1320 g/mol. The number of esters is 4. The normalized spacial score (nSPS) is 14.6. The molecule has 3 unspecified atom stereocenters. The average molecular weight is 1330 g/mol. The molecule has 0 bridgehead atoms. The van der Waals surface area contributed by atoms with Crippen LogP contribution in [0, 0.1) is 23.7 Å². The number of phosphoric ester groups is 2. The molecule has 0 rings (SSSR count). The number of carbonyl (C=O) groups is 4. The van der Waals surface area contributed by atoms with Crippen molar-refractivity contribution in [1.82, 2.24) is 0 Å². The summed E-state index contributed by atoms with van der Waals surface area (Å²) in [6.45, 7) is 14.1. The summed E-state index contributed by atoms with van der Waals surface area (Å²) in [5, 5.41) is 10.6. The topological polar surface area (TPSA) is 237 Å². The van der Waals surface area contributed by atoms with E-state index in [0.29, 0.717) is 31.6 Å². The molecule has 534 valence electrons. The molecule has 0 aliphatic heterocycles. The first-order chi connectivity index (χ1) is 43.1. The maximum Gasteiger partial charge on any atom is 0.472 e. The second-order valence-electron chi connectivity index (χ2n) is 27.3. The van der Waals surface area contributed by atoms with Crippen molar-refractivity contribution in [1.29, 1.82) is 0 Å². The minimum Gasteiger partial charge on any atom is -0.462 e. The molecule has 0 fully saturated rings. The minimum absolute atomic E-state index is 0.104. The Balaban J connectivity index is 5.24. The summed E-state index contributed by atoms with van der Waals surface area (Å²) >= 11 is 0. The number of hydrogen-bond donors (Lipinski definition) is 3. The maximum absolute atomic E-state index is 13.0. The van der Waals surface area contributed by atoms with E-state index in [4.69, 9.17) is 37.0 Å². The minimum atomic E-state index is -4.95. The van der Waals surface area contributed by atoms with E-state index >= 15 is 0 Å². The van der Waals surface area contributed by atoms with Crippen molar-refractivity contribution in [3.05, 3.63) is 0 Å². The first kappa shape index (κ1) is 88.1. The van der Waals surface area contributed by atoms with Crippen molar-refractivity contribution in [2.75, 3.05) is 39.6 Å². The van der Waals surface area contributed by atoms with E-state index in [1.807, 2.05) is 0 Å². The van der Waals surface area contributed by atoms with E-state index in [9.17, 15) is 43.2 Å². The van der Waals surface area contributed by atoms with E-state index in [1.54, 1.807) is 0 Å². The lowest BCUT2D eigenvalue weighted by Gasteiger charge is -2.21. The van der Waals surface area contributed by atoms with E-state index in [0.717, 1.165) is 114 Å². The van der Waals surface area contributed by atoms with Gasteiger partial charge in [0.1, 0.15) is 19.3 Å². The highest BCUT2D eigenvalue weighted by molar-refractivity contribution is 7.47. The van der Waals surface area contributed by atoms with Gasteiger partial charge in [0.2, 0.25) is 0 Å². The van der Waals surface area contributed by atoms with E-state index in [-0.39, 0.29) is 25.7 Å². The zero-order chi connectivity index (χ0) is 66.8. The number of unbranched alkanes of at least 4 members (excludes halogenated alkanes) is 33. The van der Waals surface area contributed by atoms with Crippen LogP contribution < -0.4 is 0 Å². The fourth-order valence-electron chi connectivity index (χ4n) is 10.6. The Morgan fingerprint density at radius 1 is 0.311 bits per heavy atom. The number of aliphatic hydroxyl groups excluding tert-OH is 1.